The van der Waals surface area contributed by atoms with Gasteiger partial charge in [-0.25, -0.2) is 4.99 Å². The van der Waals surface area contributed by atoms with Crippen molar-refractivity contribution in [3.8, 4) is 0 Å². The molecule has 1 fully saturated rings. The molecule has 0 spiro atoms. The number of ether oxygens (including phenoxy) is 1. The summed E-state index contributed by atoms with van der Waals surface area (Å²) in [4.78, 5) is 7.29. The fraction of sp³-hybridized carbons (Fsp3) is 0.591. The Hall–Kier alpha value is -1.72. The molecule has 2 N–H and O–H groups in total. The molecule has 0 amide bonds. The average molecular weight is 541 g/mol. The summed E-state index contributed by atoms with van der Waals surface area (Å²) in [5.74, 6) is 2.60. The maximum absolute atomic E-state index is 5.15. The van der Waals surface area contributed by atoms with Crippen molar-refractivity contribution in [3.63, 3.8) is 0 Å². The molecule has 1 aliphatic heterocycles. The van der Waals surface area contributed by atoms with E-state index in [9.17, 15) is 0 Å². The molecular formula is C22H36IN7O. The first kappa shape index (κ1) is 25.5. The van der Waals surface area contributed by atoms with Gasteiger partial charge in [-0.15, -0.1) is 34.2 Å². The van der Waals surface area contributed by atoms with Gasteiger partial charge in [0.2, 0.25) is 0 Å². The lowest BCUT2D eigenvalue weighted by Gasteiger charge is -2.33. The van der Waals surface area contributed by atoms with Crippen LogP contribution in [0, 0.1) is 6.92 Å². The highest BCUT2D eigenvalue weighted by atomic mass is 127. The largest absolute Gasteiger partial charge is 0.385 e. The fourth-order valence-electron chi connectivity index (χ4n) is 3.58. The molecule has 1 aromatic heterocycles. The second-order valence-corrected chi connectivity index (χ2v) is 7.84. The smallest absolute Gasteiger partial charge is 0.191 e. The van der Waals surface area contributed by atoms with Crippen LogP contribution in [0.4, 0.5) is 0 Å². The minimum absolute atomic E-state index is 0. The Bertz CT molecular complexity index is 788. The Balaban J connectivity index is 0.00000341. The monoisotopic (exact) mass is 541 g/mol. The minimum atomic E-state index is 0. The molecule has 9 heteroatoms. The van der Waals surface area contributed by atoms with E-state index >= 15 is 0 Å². The van der Waals surface area contributed by atoms with Crippen molar-refractivity contribution in [3.05, 3.63) is 47.5 Å². The third-order valence-electron chi connectivity index (χ3n) is 5.56. The van der Waals surface area contributed by atoms with Gasteiger partial charge in [-0.2, -0.15) is 0 Å². The van der Waals surface area contributed by atoms with E-state index in [2.05, 4.69) is 56.1 Å². The van der Waals surface area contributed by atoms with E-state index in [1.165, 1.54) is 5.56 Å². The number of hydrogen-bond donors (Lipinski definition) is 2. The molecule has 0 atom stereocenters. The van der Waals surface area contributed by atoms with Gasteiger partial charge in [0.15, 0.2) is 11.8 Å². The Kier molecular flexibility index (Phi) is 11.2. The number of aliphatic imine (C=N–C) groups is 1. The number of methoxy groups -OCH3 is 1. The molecule has 172 valence electrons. The van der Waals surface area contributed by atoms with Gasteiger partial charge in [0.25, 0.3) is 0 Å². The van der Waals surface area contributed by atoms with E-state index in [-0.39, 0.29) is 24.0 Å². The summed E-state index contributed by atoms with van der Waals surface area (Å²) >= 11 is 0. The molecule has 1 aromatic carbocycles. The molecule has 2 heterocycles. The number of nitrogens with one attached hydrogen (secondary N) is 2. The van der Waals surface area contributed by atoms with Crippen LogP contribution in [-0.4, -0.2) is 65.0 Å². The molecule has 3 rings (SSSR count). The van der Waals surface area contributed by atoms with Crippen molar-refractivity contribution in [1.29, 1.82) is 0 Å². The SMILES string of the molecule is COCCCNC(=NCc1nnc(C)n1C)NC1CCN(Cc2ccccc2)CC1.I. The number of likely N-dealkylation sites (tertiary alicyclic amines) is 1. The van der Waals surface area contributed by atoms with Crippen molar-refractivity contribution in [2.45, 2.75) is 45.3 Å². The zero-order valence-electron chi connectivity index (χ0n) is 18.9. The number of nitrogens with zero attached hydrogens (tertiary/aromatic N) is 5. The molecule has 0 saturated carbocycles. The Morgan fingerprint density at radius 2 is 1.94 bits per heavy atom. The molecular weight excluding hydrogens is 505 g/mol. The van der Waals surface area contributed by atoms with Gasteiger partial charge < -0.3 is 19.9 Å². The van der Waals surface area contributed by atoms with E-state index in [1.54, 1.807) is 7.11 Å². The van der Waals surface area contributed by atoms with Gasteiger partial charge in [-0.05, 0) is 31.7 Å². The number of aryl methyl sites for hydroxylation is 1. The summed E-state index contributed by atoms with van der Waals surface area (Å²) in [6.45, 7) is 7.22. The molecule has 0 aliphatic carbocycles. The van der Waals surface area contributed by atoms with Gasteiger partial charge in [0.05, 0.1) is 0 Å². The highest BCUT2D eigenvalue weighted by Gasteiger charge is 2.20. The summed E-state index contributed by atoms with van der Waals surface area (Å²) in [5, 5.41) is 15.4. The van der Waals surface area contributed by atoms with Gasteiger partial charge in [0.1, 0.15) is 12.4 Å². The number of benzene rings is 1. The second kappa shape index (κ2) is 13.6. The van der Waals surface area contributed by atoms with Crippen molar-refractivity contribution >= 4 is 29.9 Å². The van der Waals surface area contributed by atoms with Gasteiger partial charge >= 0.3 is 0 Å². The van der Waals surface area contributed by atoms with Crippen LogP contribution in [0.25, 0.3) is 0 Å². The Morgan fingerprint density at radius 1 is 1.19 bits per heavy atom. The van der Waals surface area contributed by atoms with Crippen LogP contribution in [0.15, 0.2) is 35.3 Å². The first-order valence-corrected chi connectivity index (χ1v) is 10.8. The van der Waals surface area contributed by atoms with Crippen LogP contribution in [0.5, 0.6) is 0 Å². The molecule has 0 unspecified atom stereocenters. The summed E-state index contributed by atoms with van der Waals surface area (Å²) in [6.07, 6.45) is 3.15. The lowest BCUT2D eigenvalue weighted by Crippen LogP contribution is -2.48. The highest BCUT2D eigenvalue weighted by molar-refractivity contribution is 14.0. The zero-order valence-corrected chi connectivity index (χ0v) is 21.2. The number of halogens is 1. The van der Waals surface area contributed by atoms with Crippen LogP contribution in [-0.2, 0) is 24.9 Å². The van der Waals surface area contributed by atoms with Crippen LogP contribution >= 0.6 is 24.0 Å². The maximum atomic E-state index is 5.15. The second-order valence-electron chi connectivity index (χ2n) is 7.84. The van der Waals surface area contributed by atoms with Gasteiger partial charge in [-0.1, -0.05) is 30.3 Å². The Morgan fingerprint density at radius 3 is 2.58 bits per heavy atom. The van der Waals surface area contributed by atoms with Crippen LogP contribution < -0.4 is 10.6 Å². The van der Waals surface area contributed by atoms with E-state index in [0.29, 0.717) is 12.6 Å². The molecule has 0 radical (unpaired) electrons. The zero-order chi connectivity index (χ0) is 21.2. The fourth-order valence-corrected chi connectivity index (χ4v) is 3.58. The number of rotatable bonds is 9. The maximum Gasteiger partial charge on any atom is 0.191 e. The van der Waals surface area contributed by atoms with Gasteiger partial charge in [0, 0.05) is 53.0 Å². The number of hydrogen-bond acceptors (Lipinski definition) is 5. The molecule has 0 bridgehead atoms. The third kappa shape index (κ3) is 8.38. The number of piperidine rings is 1. The molecule has 1 aliphatic rings. The third-order valence-corrected chi connectivity index (χ3v) is 5.56. The number of guanidine groups is 1. The summed E-state index contributed by atoms with van der Waals surface area (Å²) < 4.78 is 7.13. The number of aromatic nitrogens is 3. The average Bonchev–Trinajstić information content (AvgIpc) is 3.09. The summed E-state index contributed by atoms with van der Waals surface area (Å²) in [7, 11) is 3.70. The van der Waals surface area contributed by atoms with Gasteiger partial charge in [-0.3, -0.25) is 4.90 Å². The first-order valence-electron chi connectivity index (χ1n) is 10.8. The van der Waals surface area contributed by atoms with Crippen LogP contribution in [0.3, 0.4) is 0 Å². The van der Waals surface area contributed by atoms with E-state index < -0.39 is 0 Å². The van der Waals surface area contributed by atoms with E-state index in [4.69, 9.17) is 9.73 Å². The summed E-state index contributed by atoms with van der Waals surface area (Å²) in [5.41, 5.74) is 1.38. The minimum Gasteiger partial charge on any atom is -0.385 e. The van der Waals surface area contributed by atoms with Crippen LogP contribution in [0.2, 0.25) is 0 Å². The summed E-state index contributed by atoms with van der Waals surface area (Å²) in [6, 6.07) is 11.1. The standard InChI is InChI=1S/C22H35N7O.HI/c1-18-26-27-21(28(18)2)16-24-22(23-12-7-15-30-3)25-20-10-13-29(14-11-20)17-19-8-5-4-6-9-19;/h4-6,8-9,20H,7,10-17H2,1-3H3,(H2,23,24,25);1H. The van der Waals surface area contributed by atoms with E-state index in [0.717, 1.165) is 69.7 Å². The van der Waals surface area contributed by atoms with E-state index in [1.807, 2.05) is 18.5 Å². The first-order chi connectivity index (χ1) is 14.7. The lowest BCUT2D eigenvalue weighted by molar-refractivity contribution is 0.194. The van der Waals surface area contributed by atoms with Crippen molar-refractivity contribution in [1.82, 2.24) is 30.3 Å². The van der Waals surface area contributed by atoms with Crippen molar-refractivity contribution < 1.29 is 4.74 Å². The highest BCUT2D eigenvalue weighted by Crippen LogP contribution is 2.14. The molecule has 2 aromatic rings. The quantitative estimate of drug-likeness (QED) is 0.220. The lowest BCUT2D eigenvalue weighted by atomic mass is 10.0. The van der Waals surface area contributed by atoms with Crippen LogP contribution in [0.1, 0.15) is 36.5 Å². The van der Waals surface area contributed by atoms with Crippen molar-refractivity contribution in [2.24, 2.45) is 12.0 Å². The predicted molar refractivity (Wildman–Crippen MR) is 135 cm³/mol. The molecule has 31 heavy (non-hydrogen) atoms. The predicted octanol–water partition coefficient (Wildman–Crippen LogP) is 2.48. The van der Waals surface area contributed by atoms with Crippen molar-refractivity contribution in [2.75, 3.05) is 33.4 Å². The molecule has 1 saturated heterocycles. The normalized spacial score (nSPS) is 15.5. The molecule has 8 nitrogen and oxygen atoms in total. The Labute approximate surface area is 202 Å². The topological polar surface area (TPSA) is 79.6 Å².